The third-order valence-electron chi connectivity index (χ3n) is 8.31. The van der Waals surface area contributed by atoms with Crippen molar-refractivity contribution in [3.05, 3.63) is 65.9 Å². The van der Waals surface area contributed by atoms with Gasteiger partial charge in [-0.05, 0) is 61.3 Å². The van der Waals surface area contributed by atoms with E-state index in [0.717, 1.165) is 12.8 Å². The first-order chi connectivity index (χ1) is 15.1. The van der Waals surface area contributed by atoms with Gasteiger partial charge in [0.2, 0.25) is 5.69 Å². The van der Waals surface area contributed by atoms with Crippen LogP contribution in [-0.4, -0.2) is 0 Å². The average molecular weight is 415 g/mol. The van der Waals surface area contributed by atoms with Crippen LogP contribution >= 0.6 is 0 Å². The molecule has 2 unspecified atom stereocenters. The second-order valence-electron chi connectivity index (χ2n) is 9.78. The van der Waals surface area contributed by atoms with E-state index in [1.165, 1.54) is 66.1 Å². The van der Waals surface area contributed by atoms with Crippen molar-refractivity contribution in [3.8, 4) is 11.3 Å². The summed E-state index contributed by atoms with van der Waals surface area (Å²) in [7, 11) is 0. The number of unbranched alkanes of at least 4 members (excludes halogenated alkanes) is 2. The molecule has 2 heterocycles. The monoisotopic (exact) mass is 414 g/mol. The highest BCUT2D eigenvalue weighted by Crippen LogP contribution is 2.52. The van der Waals surface area contributed by atoms with Gasteiger partial charge in [-0.25, -0.2) is 0 Å². The predicted molar refractivity (Wildman–Crippen MR) is 134 cm³/mol. The van der Waals surface area contributed by atoms with Gasteiger partial charge in [0.05, 0.1) is 16.4 Å². The molecule has 3 aromatic rings. The molecule has 0 aliphatic carbocycles. The van der Waals surface area contributed by atoms with Crippen LogP contribution in [-0.2, 0) is 17.4 Å². The number of pyridine rings is 1. The Bertz CT molecular complexity index is 1070. The Morgan fingerprint density at radius 1 is 0.839 bits per heavy atom. The van der Waals surface area contributed by atoms with E-state index in [9.17, 15) is 0 Å². The lowest BCUT2D eigenvalue weighted by Gasteiger charge is -2.48. The first kappa shape index (κ1) is 22.1. The van der Waals surface area contributed by atoms with E-state index in [1.54, 1.807) is 5.56 Å². The molecule has 1 heteroatoms. The van der Waals surface area contributed by atoms with Crippen molar-refractivity contribution in [1.82, 2.24) is 0 Å². The van der Waals surface area contributed by atoms with Gasteiger partial charge in [0.15, 0.2) is 11.7 Å². The number of benzene rings is 2. The number of nitrogens with zero attached hydrogens (tertiary/aromatic N) is 1. The van der Waals surface area contributed by atoms with Gasteiger partial charge in [0.1, 0.15) is 0 Å². The molecule has 4 rings (SSSR count). The van der Waals surface area contributed by atoms with Crippen molar-refractivity contribution in [2.75, 3.05) is 0 Å². The first-order valence-electron chi connectivity index (χ1n) is 12.6. The number of hydrogen-bond acceptors (Lipinski definition) is 0. The molecule has 0 fully saturated rings. The second kappa shape index (κ2) is 8.77. The lowest BCUT2D eigenvalue weighted by atomic mass is 9.58. The smallest absolute Gasteiger partial charge is 0.191 e. The fraction of sp³-hybridized carbons (Fsp3) is 0.500. The molecule has 0 amide bonds. The van der Waals surface area contributed by atoms with Gasteiger partial charge < -0.3 is 0 Å². The summed E-state index contributed by atoms with van der Waals surface area (Å²) in [6.45, 7) is 12.0. The predicted octanol–water partition coefficient (Wildman–Crippen LogP) is 8.11. The fourth-order valence-electron chi connectivity index (χ4n) is 6.44. The maximum absolute atomic E-state index is 2.69. The van der Waals surface area contributed by atoms with Gasteiger partial charge in [0, 0.05) is 18.9 Å². The average Bonchev–Trinajstić information content (AvgIpc) is 2.81. The largest absolute Gasteiger partial charge is 0.221 e. The molecule has 164 valence electrons. The molecule has 0 spiro atoms. The molecule has 2 aromatic carbocycles. The van der Waals surface area contributed by atoms with Crippen LogP contribution in [0.2, 0.25) is 0 Å². The molecule has 0 saturated heterocycles. The summed E-state index contributed by atoms with van der Waals surface area (Å²) in [5.41, 5.74) is 6.18. The van der Waals surface area contributed by atoms with Crippen molar-refractivity contribution in [2.45, 2.75) is 96.9 Å². The van der Waals surface area contributed by atoms with Crippen LogP contribution in [0.15, 0.2) is 54.7 Å². The molecule has 0 N–H and O–H groups in total. The van der Waals surface area contributed by atoms with Crippen molar-refractivity contribution in [2.24, 2.45) is 0 Å². The second-order valence-corrected chi connectivity index (χ2v) is 9.78. The van der Waals surface area contributed by atoms with E-state index in [2.05, 4.69) is 93.9 Å². The lowest BCUT2D eigenvalue weighted by molar-refractivity contribution is -0.769. The molecule has 1 aliphatic rings. The third-order valence-corrected chi connectivity index (χ3v) is 8.31. The van der Waals surface area contributed by atoms with Crippen molar-refractivity contribution in [1.29, 1.82) is 0 Å². The van der Waals surface area contributed by atoms with Crippen LogP contribution in [0.5, 0.6) is 0 Å². The first-order valence-corrected chi connectivity index (χ1v) is 12.6. The summed E-state index contributed by atoms with van der Waals surface area (Å²) in [4.78, 5) is 0. The van der Waals surface area contributed by atoms with Gasteiger partial charge >= 0.3 is 0 Å². The Morgan fingerprint density at radius 3 is 2.35 bits per heavy atom. The summed E-state index contributed by atoms with van der Waals surface area (Å²) >= 11 is 0. The van der Waals surface area contributed by atoms with Crippen molar-refractivity contribution >= 4 is 10.8 Å². The molecular weight excluding hydrogens is 374 g/mol. The minimum Gasteiger partial charge on any atom is -0.191 e. The minimum absolute atomic E-state index is 0.104. The van der Waals surface area contributed by atoms with Gasteiger partial charge in [-0.15, -0.1) is 0 Å². The Kier molecular flexibility index (Phi) is 6.24. The number of aromatic nitrogens is 1. The molecule has 0 saturated carbocycles. The van der Waals surface area contributed by atoms with Crippen molar-refractivity contribution in [3.63, 3.8) is 0 Å². The maximum Gasteiger partial charge on any atom is 0.221 e. The normalized spacial score (nSPS) is 22.4. The summed E-state index contributed by atoms with van der Waals surface area (Å²) in [5, 5.41) is 2.74. The Labute approximate surface area is 189 Å². The van der Waals surface area contributed by atoms with Gasteiger partial charge in [-0.1, -0.05) is 70.9 Å². The number of aryl methyl sites for hydroxylation is 1. The maximum atomic E-state index is 2.69. The van der Waals surface area contributed by atoms with Gasteiger partial charge in [-0.2, -0.15) is 4.57 Å². The van der Waals surface area contributed by atoms with E-state index >= 15 is 0 Å². The van der Waals surface area contributed by atoms with E-state index in [-0.39, 0.29) is 11.0 Å². The van der Waals surface area contributed by atoms with Crippen LogP contribution < -0.4 is 4.57 Å². The van der Waals surface area contributed by atoms with Crippen molar-refractivity contribution < 1.29 is 4.57 Å². The van der Waals surface area contributed by atoms with E-state index < -0.39 is 0 Å². The van der Waals surface area contributed by atoms with Crippen LogP contribution in [0.3, 0.4) is 0 Å². The van der Waals surface area contributed by atoms with Crippen LogP contribution in [0.25, 0.3) is 22.0 Å². The molecule has 0 bridgehead atoms. The highest BCUT2D eigenvalue weighted by Gasteiger charge is 2.58. The van der Waals surface area contributed by atoms with Gasteiger partial charge in [0.25, 0.3) is 0 Å². The van der Waals surface area contributed by atoms with Gasteiger partial charge in [-0.3, -0.25) is 0 Å². The topological polar surface area (TPSA) is 3.88 Å². The standard InChI is InChI=1S/C30H40N/c1-6-10-11-14-23-17-18-27-26(22-23)28-25-16-13-12-15-24(25)19-21-31(28)30(9-4,20-7-2)29(27,5)8-3/h12-13,15-19,21-22H,6-11,14,20H2,1-5H3/q+1. The molecular formula is C30H40N+. The quantitative estimate of drug-likeness (QED) is 0.259. The molecule has 1 aliphatic heterocycles. The fourth-order valence-corrected chi connectivity index (χ4v) is 6.44. The number of fused-ring (bicyclic) bond motifs is 5. The highest BCUT2D eigenvalue weighted by atomic mass is 15.1. The van der Waals surface area contributed by atoms with Crippen LogP contribution in [0.4, 0.5) is 0 Å². The van der Waals surface area contributed by atoms with E-state index in [4.69, 9.17) is 0 Å². The molecule has 2 atom stereocenters. The molecule has 0 radical (unpaired) electrons. The molecule has 31 heavy (non-hydrogen) atoms. The van der Waals surface area contributed by atoms with E-state index in [1.807, 2.05) is 0 Å². The van der Waals surface area contributed by atoms with E-state index in [0.29, 0.717) is 0 Å². The van der Waals surface area contributed by atoms with Crippen LogP contribution in [0.1, 0.15) is 90.7 Å². The summed E-state index contributed by atoms with van der Waals surface area (Å²) in [6, 6.07) is 18.8. The SMILES string of the molecule is CCCCCc1ccc2c(c1)-c1c3ccccc3cc[n+]1C(CC)(CCC)C2(C)CC. The Morgan fingerprint density at radius 2 is 1.65 bits per heavy atom. The highest BCUT2D eigenvalue weighted by molar-refractivity contribution is 5.94. The zero-order valence-electron chi connectivity index (χ0n) is 20.3. The Hall–Kier alpha value is -2.15. The Balaban J connectivity index is 2.05. The summed E-state index contributed by atoms with van der Waals surface area (Å²) in [5.74, 6) is 0. The summed E-state index contributed by atoms with van der Waals surface area (Å²) in [6.07, 6.45) is 12.2. The van der Waals surface area contributed by atoms with Crippen LogP contribution in [0, 0.1) is 0 Å². The number of hydrogen-bond donors (Lipinski definition) is 0. The number of rotatable bonds is 8. The molecule has 1 aromatic heterocycles. The minimum atomic E-state index is 0.104. The zero-order valence-corrected chi connectivity index (χ0v) is 20.3. The third kappa shape index (κ3) is 3.32. The zero-order chi connectivity index (χ0) is 22.1. The molecule has 1 nitrogen and oxygen atoms in total. The summed E-state index contributed by atoms with van der Waals surface area (Å²) < 4.78 is 2.69. The lowest BCUT2D eigenvalue weighted by Crippen LogP contribution is -2.69.